The van der Waals surface area contributed by atoms with Crippen molar-refractivity contribution >= 4 is 33.3 Å². The van der Waals surface area contributed by atoms with Gasteiger partial charge < -0.3 is 0 Å². The van der Waals surface area contributed by atoms with E-state index in [4.69, 9.17) is 0 Å². The molecule has 0 spiro atoms. The number of aryl methyl sites for hydroxylation is 2. The van der Waals surface area contributed by atoms with Gasteiger partial charge in [0.25, 0.3) is 11.5 Å². The molecule has 7 heteroatoms. The van der Waals surface area contributed by atoms with Crippen molar-refractivity contribution in [3.8, 4) is 0 Å². The molecule has 0 fully saturated rings. The van der Waals surface area contributed by atoms with Gasteiger partial charge in [0.15, 0.2) is 5.13 Å². The Labute approximate surface area is 135 Å². The van der Waals surface area contributed by atoms with Gasteiger partial charge in [-0.3, -0.25) is 19.5 Å². The highest BCUT2D eigenvalue weighted by Crippen LogP contribution is 2.18. The largest absolute Gasteiger partial charge is 0.298 e. The highest BCUT2D eigenvalue weighted by atomic mass is 32.1. The molecule has 1 amide bonds. The predicted molar refractivity (Wildman–Crippen MR) is 89.1 cm³/mol. The van der Waals surface area contributed by atoms with E-state index in [1.165, 1.54) is 11.3 Å². The maximum Gasteiger partial charge on any atom is 0.261 e. The van der Waals surface area contributed by atoms with Gasteiger partial charge in [-0.1, -0.05) is 0 Å². The van der Waals surface area contributed by atoms with E-state index in [0.29, 0.717) is 21.6 Å². The lowest BCUT2D eigenvalue weighted by Gasteiger charge is -2.07. The van der Waals surface area contributed by atoms with Gasteiger partial charge in [-0.05, 0) is 31.5 Å². The molecule has 4 rings (SSSR count). The second kappa shape index (κ2) is 5.27. The van der Waals surface area contributed by atoms with Gasteiger partial charge >= 0.3 is 0 Å². The highest BCUT2D eigenvalue weighted by molar-refractivity contribution is 7.13. The lowest BCUT2D eigenvalue weighted by Crippen LogP contribution is -2.21. The van der Waals surface area contributed by atoms with Crippen LogP contribution in [0.5, 0.6) is 0 Å². The summed E-state index contributed by atoms with van der Waals surface area (Å²) in [5.41, 5.74) is 1.89. The van der Waals surface area contributed by atoms with Crippen LogP contribution in [0.4, 0.5) is 5.13 Å². The van der Waals surface area contributed by atoms with Crippen LogP contribution in [-0.2, 0) is 13.0 Å². The topological polar surface area (TPSA) is 76.9 Å². The van der Waals surface area contributed by atoms with Crippen molar-refractivity contribution < 1.29 is 4.79 Å². The Morgan fingerprint density at radius 3 is 3.00 bits per heavy atom. The Bertz CT molecular complexity index is 989. The third kappa shape index (κ3) is 2.43. The van der Waals surface area contributed by atoms with E-state index in [-0.39, 0.29) is 11.5 Å². The van der Waals surface area contributed by atoms with Crippen LogP contribution in [0.25, 0.3) is 10.9 Å². The summed E-state index contributed by atoms with van der Waals surface area (Å²) in [5.74, 6) is 0.555. The van der Waals surface area contributed by atoms with Gasteiger partial charge in [-0.15, -0.1) is 11.3 Å². The van der Waals surface area contributed by atoms with Crippen molar-refractivity contribution in [3.63, 3.8) is 0 Å². The normalized spacial score (nSPS) is 13.3. The molecule has 0 radical (unpaired) electrons. The number of hydrogen-bond donors (Lipinski definition) is 1. The number of nitrogens with zero attached hydrogens (tertiary/aromatic N) is 3. The lowest BCUT2D eigenvalue weighted by molar-refractivity contribution is 0.102. The molecule has 0 aliphatic carbocycles. The number of nitrogens with one attached hydrogen (secondary N) is 1. The summed E-state index contributed by atoms with van der Waals surface area (Å²) in [6.07, 6.45) is 1.75. The van der Waals surface area contributed by atoms with Crippen LogP contribution < -0.4 is 10.9 Å². The number of anilines is 1. The number of rotatable bonds is 2. The van der Waals surface area contributed by atoms with Crippen LogP contribution in [0.2, 0.25) is 0 Å². The molecule has 0 bridgehead atoms. The number of hydrogen-bond acceptors (Lipinski definition) is 5. The maximum absolute atomic E-state index is 12.4. The summed E-state index contributed by atoms with van der Waals surface area (Å²) in [4.78, 5) is 33.5. The SMILES string of the molecule is Cc1csc(NC(=O)c2ccc3c(=O)n4c(nc3c2)CCC4)n1. The van der Waals surface area contributed by atoms with E-state index in [9.17, 15) is 9.59 Å². The van der Waals surface area contributed by atoms with Crippen molar-refractivity contribution in [2.45, 2.75) is 26.3 Å². The minimum atomic E-state index is -0.247. The molecule has 1 aromatic carbocycles. The molecule has 6 nitrogen and oxygen atoms in total. The van der Waals surface area contributed by atoms with E-state index in [1.54, 1.807) is 22.8 Å². The molecule has 0 unspecified atom stereocenters. The number of benzene rings is 1. The summed E-state index contributed by atoms with van der Waals surface area (Å²) in [6.45, 7) is 2.60. The van der Waals surface area contributed by atoms with Crippen LogP contribution in [0.15, 0.2) is 28.4 Å². The fraction of sp³-hybridized carbons (Fsp3) is 0.250. The van der Waals surface area contributed by atoms with Crippen LogP contribution in [-0.4, -0.2) is 20.4 Å². The van der Waals surface area contributed by atoms with Crippen LogP contribution >= 0.6 is 11.3 Å². The van der Waals surface area contributed by atoms with Crippen LogP contribution in [0.1, 0.15) is 28.3 Å². The number of amides is 1. The molecule has 3 heterocycles. The average molecular weight is 326 g/mol. The average Bonchev–Trinajstić information content (AvgIpc) is 3.16. The van der Waals surface area contributed by atoms with Gasteiger partial charge in [0.2, 0.25) is 0 Å². The van der Waals surface area contributed by atoms with E-state index in [0.717, 1.165) is 30.9 Å². The second-order valence-electron chi connectivity index (χ2n) is 5.57. The molecule has 1 aliphatic rings. The first-order valence-corrected chi connectivity index (χ1v) is 8.27. The number of fused-ring (bicyclic) bond motifs is 2. The zero-order valence-electron chi connectivity index (χ0n) is 12.5. The van der Waals surface area contributed by atoms with E-state index < -0.39 is 0 Å². The standard InChI is InChI=1S/C16H14N4O2S/c1-9-8-23-16(17-9)19-14(21)10-4-5-11-12(7-10)18-13-3-2-6-20(13)15(11)22/h4-5,7-8H,2-3,6H2,1H3,(H,17,19,21). The molecule has 116 valence electrons. The van der Waals surface area contributed by atoms with Crippen LogP contribution in [0.3, 0.4) is 0 Å². The molecule has 1 aliphatic heterocycles. The molecule has 0 saturated carbocycles. The Morgan fingerprint density at radius 1 is 1.35 bits per heavy atom. The van der Waals surface area contributed by atoms with Crippen molar-refractivity contribution in [2.75, 3.05) is 5.32 Å². The van der Waals surface area contributed by atoms with Gasteiger partial charge in [0, 0.05) is 23.9 Å². The first-order chi connectivity index (χ1) is 11.1. The summed E-state index contributed by atoms with van der Waals surface area (Å²) in [6, 6.07) is 5.01. The zero-order chi connectivity index (χ0) is 16.0. The smallest absolute Gasteiger partial charge is 0.261 e. The first kappa shape index (κ1) is 14.1. The summed E-state index contributed by atoms with van der Waals surface area (Å²) in [7, 11) is 0. The van der Waals surface area contributed by atoms with Crippen molar-refractivity contribution in [1.82, 2.24) is 14.5 Å². The number of aromatic nitrogens is 3. The van der Waals surface area contributed by atoms with Crippen molar-refractivity contribution in [1.29, 1.82) is 0 Å². The Hall–Kier alpha value is -2.54. The van der Waals surface area contributed by atoms with Crippen molar-refractivity contribution in [3.05, 3.63) is 51.0 Å². The van der Waals surface area contributed by atoms with Crippen molar-refractivity contribution in [2.24, 2.45) is 0 Å². The Morgan fingerprint density at radius 2 is 2.22 bits per heavy atom. The molecular weight excluding hydrogens is 312 g/mol. The molecular formula is C16H14N4O2S. The third-order valence-corrected chi connectivity index (χ3v) is 4.79. The summed E-state index contributed by atoms with van der Waals surface area (Å²) < 4.78 is 1.72. The van der Waals surface area contributed by atoms with Gasteiger partial charge in [0.05, 0.1) is 16.6 Å². The van der Waals surface area contributed by atoms with Crippen LogP contribution in [0, 0.1) is 6.92 Å². The summed E-state index contributed by atoms with van der Waals surface area (Å²) >= 11 is 1.38. The lowest BCUT2D eigenvalue weighted by atomic mass is 10.1. The minimum absolute atomic E-state index is 0.0231. The minimum Gasteiger partial charge on any atom is -0.298 e. The molecule has 1 N–H and O–H groups in total. The maximum atomic E-state index is 12.4. The molecule has 0 atom stereocenters. The fourth-order valence-corrected chi connectivity index (χ4v) is 3.49. The molecule has 23 heavy (non-hydrogen) atoms. The molecule has 0 saturated heterocycles. The number of carbonyl (C=O) groups is 1. The van der Waals surface area contributed by atoms with Gasteiger partial charge in [-0.25, -0.2) is 9.97 Å². The Balaban J connectivity index is 1.73. The van der Waals surface area contributed by atoms with Gasteiger partial charge in [0.1, 0.15) is 5.82 Å². The number of thiazole rings is 1. The predicted octanol–water partition coefficient (Wildman–Crippen LogP) is 2.36. The van der Waals surface area contributed by atoms with Gasteiger partial charge in [-0.2, -0.15) is 0 Å². The van der Waals surface area contributed by atoms with E-state index >= 15 is 0 Å². The van der Waals surface area contributed by atoms with E-state index in [2.05, 4.69) is 15.3 Å². The second-order valence-corrected chi connectivity index (χ2v) is 6.43. The monoisotopic (exact) mass is 326 g/mol. The first-order valence-electron chi connectivity index (χ1n) is 7.39. The highest BCUT2D eigenvalue weighted by Gasteiger charge is 2.17. The fourth-order valence-electron chi connectivity index (χ4n) is 2.81. The van der Waals surface area contributed by atoms with E-state index in [1.807, 2.05) is 12.3 Å². The molecule has 2 aromatic heterocycles. The quantitative estimate of drug-likeness (QED) is 0.784. The summed E-state index contributed by atoms with van der Waals surface area (Å²) in [5, 5.41) is 5.76. The number of carbonyl (C=O) groups excluding carboxylic acids is 1. The zero-order valence-corrected chi connectivity index (χ0v) is 13.3. The third-order valence-electron chi connectivity index (χ3n) is 3.92. The Kier molecular flexibility index (Phi) is 3.23. The molecule has 3 aromatic rings.